The summed E-state index contributed by atoms with van der Waals surface area (Å²) in [5.41, 5.74) is 4.99. The van der Waals surface area contributed by atoms with Crippen molar-refractivity contribution in [2.24, 2.45) is 5.73 Å². The van der Waals surface area contributed by atoms with Crippen LogP contribution in [0.15, 0.2) is 22.5 Å². The number of hydrogen-bond acceptors (Lipinski definition) is 2. The summed E-state index contributed by atoms with van der Waals surface area (Å²) in [7, 11) is -0.910. The molecule has 0 bridgehead atoms. The standard InChI is InChI=1S/C9H13NO2S/c10-9(11)6-2-1-4-8-5-3-7-13(8)12/h3,5,7H,1-2,4,6H2,(H2,10,11). The Morgan fingerprint density at radius 1 is 1.46 bits per heavy atom. The van der Waals surface area contributed by atoms with E-state index in [4.69, 9.17) is 5.73 Å². The Kier molecular flexibility index (Phi) is 3.89. The van der Waals surface area contributed by atoms with Gasteiger partial charge in [0.1, 0.15) is 0 Å². The summed E-state index contributed by atoms with van der Waals surface area (Å²) in [5, 5.41) is 1.67. The predicted molar refractivity (Wildman–Crippen MR) is 53.0 cm³/mol. The van der Waals surface area contributed by atoms with Gasteiger partial charge in [0.2, 0.25) is 5.91 Å². The van der Waals surface area contributed by atoms with Gasteiger partial charge in [-0.25, -0.2) is 0 Å². The number of allylic oxidation sites excluding steroid dienone is 3. The molecule has 3 nitrogen and oxygen atoms in total. The molecule has 0 aromatic rings. The molecule has 1 aliphatic rings. The summed E-state index contributed by atoms with van der Waals surface area (Å²) in [6.07, 6.45) is 6.56. The Morgan fingerprint density at radius 2 is 2.23 bits per heavy atom. The van der Waals surface area contributed by atoms with Gasteiger partial charge in [-0.3, -0.25) is 9.00 Å². The van der Waals surface area contributed by atoms with Crippen LogP contribution in [0.5, 0.6) is 0 Å². The van der Waals surface area contributed by atoms with E-state index in [1.807, 2.05) is 6.08 Å². The van der Waals surface area contributed by atoms with Gasteiger partial charge in [0, 0.05) is 16.7 Å². The highest BCUT2D eigenvalue weighted by atomic mass is 32.2. The number of primary amides is 1. The third-order valence-corrected chi connectivity index (χ3v) is 3.10. The van der Waals surface area contributed by atoms with Crippen LogP contribution in [0, 0.1) is 0 Å². The summed E-state index contributed by atoms with van der Waals surface area (Å²) in [5.74, 6) is -0.264. The van der Waals surface area contributed by atoms with Gasteiger partial charge in [-0.2, -0.15) is 0 Å². The van der Waals surface area contributed by atoms with Crippen LogP contribution in [0.3, 0.4) is 0 Å². The summed E-state index contributed by atoms with van der Waals surface area (Å²) in [6.45, 7) is 0. The molecule has 0 saturated heterocycles. The lowest BCUT2D eigenvalue weighted by Crippen LogP contribution is -2.09. The summed E-state index contributed by atoms with van der Waals surface area (Å²) in [6, 6.07) is 0. The molecule has 2 N–H and O–H groups in total. The van der Waals surface area contributed by atoms with Crippen LogP contribution in [0.25, 0.3) is 0 Å². The summed E-state index contributed by atoms with van der Waals surface area (Å²) in [4.78, 5) is 11.3. The molecule has 1 atom stereocenters. The van der Waals surface area contributed by atoms with E-state index >= 15 is 0 Å². The SMILES string of the molecule is NC(=O)CCCCC1=CC=CS1=O. The monoisotopic (exact) mass is 199 g/mol. The van der Waals surface area contributed by atoms with Gasteiger partial charge in [0.25, 0.3) is 0 Å². The van der Waals surface area contributed by atoms with Gasteiger partial charge in [-0.1, -0.05) is 6.08 Å². The first-order chi connectivity index (χ1) is 6.20. The van der Waals surface area contributed by atoms with Crippen LogP contribution in [-0.2, 0) is 15.6 Å². The van der Waals surface area contributed by atoms with E-state index in [1.54, 1.807) is 11.5 Å². The second kappa shape index (κ2) is 4.97. The molecule has 1 rings (SSSR count). The zero-order valence-electron chi connectivity index (χ0n) is 7.36. The van der Waals surface area contributed by atoms with Crippen molar-refractivity contribution in [1.29, 1.82) is 0 Å². The van der Waals surface area contributed by atoms with Crippen molar-refractivity contribution in [2.75, 3.05) is 0 Å². The third-order valence-electron chi connectivity index (χ3n) is 1.84. The average molecular weight is 199 g/mol. The molecule has 0 spiro atoms. The highest BCUT2D eigenvalue weighted by Crippen LogP contribution is 2.18. The lowest BCUT2D eigenvalue weighted by molar-refractivity contribution is -0.118. The molecule has 0 radical (unpaired) electrons. The Morgan fingerprint density at radius 3 is 2.77 bits per heavy atom. The molecular weight excluding hydrogens is 186 g/mol. The van der Waals surface area contributed by atoms with E-state index in [1.165, 1.54) is 0 Å². The zero-order valence-corrected chi connectivity index (χ0v) is 8.18. The number of unbranched alkanes of at least 4 members (excludes halogenated alkanes) is 1. The van der Waals surface area contributed by atoms with Gasteiger partial charge in [0.05, 0.1) is 10.8 Å². The van der Waals surface area contributed by atoms with Gasteiger partial charge in [-0.15, -0.1) is 0 Å². The van der Waals surface area contributed by atoms with Gasteiger partial charge < -0.3 is 5.73 Å². The van der Waals surface area contributed by atoms with E-state index in [2.05, 4.69) is 0 Å². The normalized spacial score (nSPS) is 20.3. The molecule has 1 aliphatic heterocycles. The maximum atomic E-state index is 11.2. The molecule has 4 heteroatoms. The molecule has 1 unspecified atom stereocenters. The highest BCUT2D eigenvalue weighted by Gasteiger charge is 2.07. The molecule has 13 heavy (non-hydrogen) atoms. The zero-order chi connectivity index (χ0) is 9.68. The van der Waals surface area contributed by atoms with Crippen molar-refractivity contribution < 1.29 is 9.00 Å². The van der Waals surface area contributed by atoms with Gasteiger partial charge >= 0.3 is 0 Å². The van der Waals surface area contributed by atoms with Crippen LogP contribution in [-0.4, -0.2) is 10.1 Å². The number of carbonyl (C=O) groups is 1. The average Bonchev–Trinajstić information content (AvgIpc) is 2.45. The maximum Gasteiger partial charge on any atom is 0.217 e. The Bertz CT molecular complexity index is 281. The topological polar surface area (TPSA) is 60.2 Å². The summed E-state index contributed by atoms with van der Waals surface area (Å²) >= 11 is 0. The first kappa shape index (κ1) is 10.2. The quantitative estimate of drug-likeness (QED) is 0.676. The first-order valence-corrected chi connectivity index (χ1v) is 5.47. The number of amides is 1. The smallest absolute Gasteiger partial charge is 0.217 e. The van der Waals surface area contributed by atoms with Crippen molar-refractivity contribution in [3.63, 3.8) is 0 Å². The van der Waals surface area contributed by atoms with E-state index in [-0.39, 0.29) is 5.91 Å². The van der Waals surface area contributed by atoms with Crippen molar-refractivity contribution in [3.8, 4) is 0 Å². The highest BCUT2D eigenvalue weighted by molar-refractivity contribution is 7.92. The molecule has 0 aliphatic carbocycles. The van der Waals surface area contributed by atoms with Crippen molar-refractivity contribution in [1.82, 2.24) is 0 Å². The molecule has 0 aromatic carbocycles. The van der Waals surface area contributed by atoms with E-state index in [9.17, 15) is 9.00 Å². The second-order valence-corrected chi connectivity index (χ2v) is 4.32. The van der Waals surface area contributed by atoms with E-state index < -0.39 is 10.8 Å². The maximum absolute atomic E-state index is 11.2. The van der Waals surface area contributed by atoms with Crippen LogP contribution in [0.4, 0.5) is 0 Å². The minimum atomic E-state index is -0.910. The fourth-order valence-electron chi connectivity index (χ4n) is 1.15. The van der Waals surface area contributed by atoms with Crippen molar-refractivity contribution >= 4 is 16.7 Å². The fraction of sp³-hybridized carbons (Fsp3) is 0.444. The van der Waals surface area contributed by atoms with Gasteiger partial charge in [0.15, 0.2) is 0 Å². The van der Waals surface area contributed by atoms with E-state index in [0.29, 0.717) is 6.42 Å². The van der Waals surface area contributed by atoms with E-state index in [0.717, 1.165) is 24.2 Å². The second-order valence-electron chi connectivity index (χ2n) is 2.93. The molecular formula is C9H13NO2S. The van der Waals surface area contributed by atoms with Gasteiger partial charge in [-0.05, 0) is 25.3 Å². The lowest BCUT2D eigenvalue weighted by atomic mass is 10.2. The number of nitrogens with two attached hydrogens (primary N) is 1. The van der Waals surface area contributed by atoms with Crippen LogP contribution >= 0.6 is 0 Å². The Labute approximate surface area is 80.1 Å². The third kappa shape index (κ3) is 3.55. The minimum absolute atomic E-state index is 0.264. The minimum Gasteiger partial charge on any atom is -0.370 e. The Hall–Kier alpha value is -0.900. The number of hydrogen-bond donors (Lipinski definition) is 1. The lowest BCUT2D eigenvalue weighted by Gasteiger charge is -1.99. The summed E-state index contributed by atoms with van der Waals surface area (Å²) < 4.78 is 11.2. The molecule has 72 valence electrons. The first-order valence-electron chi connectivity index (χ1n) is 4.26. The van der Waals surface area contributed by atoms with Crippen LogP contribution in [0.2, 0.25) is 0 Å². The molecule has 0 aromatic heterocycles. The number of carbonyl (C=O) groups excluding carboxylic acids is 1. The Balaban J connectivity index is 2.14. The van der Waals surface area contributed by atoms with Crippen molar-refractivity contribution in [2.45, 2.75) is 25.7 Å². The van der Waals surface area contributed by atoms with Crippen LogP contribution < -0.4 is 5.73 Å². The molecule has 0 saturated carbocycles. The molecule has 1 amide bonds. The van der Waals surface area contributed by atoms with Crippen LogP contribution in [0.1, 0.15) is 25.7 Å². The largest absolute Gasteiger partial charge is 0.370 e. The molecule has 0 fully saturated rings. The predicted octanol–water partition coefficient (Wildman–Crippen LogP) is 1.19. The fourth-order valence-corrected chi connectivity index (χ4v) is 2.11. The van der Waals surface area contributed by atoms with Crippen molar-refractivity contribution in [3.05, 3.63) is 22.5 Å². The molecule has 1 heterocycles. The number of rotatable bonds is 5.